The highest BCUT2D eigenvalue weighted by Gasteiger charge is 2.16. The molecule has 0 saturated carbocycles. The molecule has 0 unspecified atom stereocenters. The van der Waals surface area contributed by atoms with Crippen molar-refractivity contribution in [3.63, 3.8) is 0 Å². The van der Waals surface area contributed by atoms with E-state index in [9.17, 15) is 15.0 Å². The van der Waals surface area contributed by atoms with E-state index in [1.165, 1.54) is 6.07 Å². The minimum atomic E-state index is -0.472. The average Bonchev–Trinajstić information content (AvgIpc) is 2.52. The maximum absolute atomic E-state index is 12.2. The Balaban J connectivity index is 2.04. The maximum atomic E-state index is 12.2. The van der Waals surface area contributed by atoms with Gasteiger partial charge in [-0.1, -0.05) is 42.5 Å². The highest BCUT2D eigenvalue weighted by molar-refractivity contribution is 6.11. The molecule has 0 aromatic heterocycles. The van der Waals surface area contributed by atoms with Crippen LogP contribution < -0.4 is 5.32 Å². The topological polar surface area (TPSA) is 69.6 Å². The summed E-state index contributed by atoms with van der Waals surface area (Å²) in [5, 5.41) is 23.9. The molecule has 0 fully saturated rings. The van der Waals surface area contributed by atoms with Crippen LogP contribution in [0.1, 0.15) is 10.4 Å². The lowest BCUT2D eigenvalue weighted by atomic mass is 10.0. The molecule has 4 nitrogen and oxygen atoms in total. The number of nitrogens with one attached hydrogen (secondary N) is 1. The lowest BCUT2D eigenvalue weighted by Crippen LogP contribution is -2.12. The standard InChI is InChI=1S/C17H13NO3/c19-15-10-14(16(20)13-9-5-4-8-12(13)15)17(21)18-11-6-2-1-3-7-11/h1-10,19-20H,(H,18,21). The second-order valence-electron chi connectivity index (χ2n) is 4.66. The summed E-state index contributed by atoms with van der Waals surface area (Å²) in [5.74, 6) is -0.654. The fraction of sp³-hybridized carbons (Fsp3) is 0. The Morgan fingerprint density at radius 3 is 2.19 bits per heavy atom. The van der Waals surface area contributed by atoms with E-state index in [4.69, 9.17) is 0 Å². The average molecular weight is 279 g/mol. The van der Waals surface area contributed by atoms with Gasteiger partial charge in [0, 0.05) is 16.5 Å². The first-order chi connectivity index (χ1) is 10.2. The molecule has 4 heteroatoms. The van der Waals surface area contributed by atoms with E-state index in [0.29, 0.717) is 16.5 Å². The molecule has 0 atom stereocenters. The molecule has 0 aliphatic heterocycles. The molecular weight excluding hydrogens is 266 g/mol. The number of hydrogen-bond acceptors (Lipinski definition) is 3. The summed E-state index contributed by atoms with van der Waals surface area (Å²) in [4.78, 5) is 12.2. The first kappa shape index (κ1) is 13.0. The van der Waals surface area contributed by atoms with Crippen LogP contribution in [-0.4, -0.2) is 16.1 Å². The van der Waals surface area contributed by atoms with E-state index < -0.39 is 5.91 Å². The Morgan fingerprint density at radius 2 is 1.48 bits per heavy atom. The Labute approximate surface area is 121 Å². The third-order valence-corrected chi connectivity index (χ3v) is 3.27. The summed E-state index contributed by atoms with van der Waals surface area (Å²) in [6.45, 7) is 0. The minimum absolute atomic E-state index is 0.0371. The SMILES string of the molecule is O=C(Nc1ccccc1)c1cc(O)c2ccccc2c1O. The van der Waals surface area contributed by atoms with Crippen LogP contribution in [0.4, 0.5) is 5.69 Å². The molecule has 3 aromatic rings. The zero-order chi connectivity index (χ0) is 14.8. The van der Waals surface area contributed by atoms with Crippen LogP contribution in [0.25, 0.3) is 10.8 Å². The van der Waals surface area contributed by atoms with Gasteiger partial charge in [0.25, 0.3) is 5.91 Å². The lowest BCUT2D eigenvalue weighted by molar-refractivity contribution is 0.102. The van der Waals surface area contributed by atoms with Crippen molar-refractivity contribution in [1.82, 2.24) is 0 Å². The molecule has 0 bridgehead atoms. The molecule has 21 heavy (non-hydrogen) atoms. The quantitative estimate of drug-likeness (QED) is 0.629. The van der Waals surface area contributed by atoms with Crippen LogP contribution in [0.2, 0.25) is 0 Å². The van der Waals surface area contributed by atoms with Crippen LogP contribution in [-0.2, 0) is 0 Å². The molecule has 3 rings (SSSR count). The Hall–Kier alpha value is -3.01. The van der Waals surface area contributed by atoms with Crippen molar-refractivity contribution in [1.29, 1.82) is 0 Å². The van der Waals surface area contributed by atoms with Crippen molar-refractivity contribution in [3.8, 4) is 11.5 Å². The number of aromatic hydroxyl groups is 2. The molecule has 104 valence electrons. The van der Waals surface area contributed by atoms with Crippen molar-refractivity contribution < 1.29 is 15.0 Å². The normalized spacial score (nSPS) is 10.5. The molecule has 0 aliphatic rings. The number of amides is 1. The molecule has 1 amide bonds. The van der Waals surface area contributed by atoms with E-state index in [0.717, 1.165) is 0 Å². The Kier molecular flexibility index (Phi) is 3.20. The van der Waals surface area contributed by atoms with Crippen LogP contribution in [0, 0.1) is 0 Å². The number of anilines is 1. The molecule has 3 N–H and O–H groups in total. The molecule has 0 spiro atoms. The van der Waals surface area contributed by atoms with Gasteiger partial charge in [0.2, 0.25) is 0 Å². The highest BCUT2D eigenvalue weighted by Crippen LogP contribution is 2.35. The summed E-state index contributed by atoms with van der Waals surface area (Å²) in [7, 11) is 0. The summed E-state index contributed by atoms with van der Waals surface area (Å²) in [6, 6.07) is 17.0. The predicted molar refractivity (Wildman–Crippen MR) is 81.7 cm³/mol. The van der Waals surface area contributed by atoms with Gasteiger partial charge in [0.1, 0.15) is 11.5 Å². The number of phenolic OH excluding ortho intramolecular Hbond substituents is 2. The van der Waals surface area contributed by atoms with Gasteiger partial charge in [-0.2, -0.15) is 0 Å². The lowest BCUT2D eigenvalue weighted by Gasteiger charge is -2.10. The smallest absolute Gasteiger partial charge is 0.259 e. The number of hydrogen-bond donors (Lipinski definition) is 3. The third kappa shape index (κ3) is 2.39. The number of rotatable bonds is 2. The molecular formula is C17H13NO3. The van der Waals surface area contributed by atoms with E-state index in [2.05, 4.69) is 5.32 Å². The fourth-order valence-electron chi connectivity index (χ4n) is 2.23. The zero-order valence-corrected chi connectivity index (χ0v) is 11.1. The van der Waals surface area contributed by atoms with E-state index in [-0.39, 0.29) is 17.1 Å². The maximum Gasteiger partial charge on any atom is 0.259 e. The van der Waals surface area contributed by atoms with Crippen molar-refractivity contribution in [2.24, 2.45) is 0 Å². The van der Waals surface area contributed by atoms with E-state index >= 15 is 0 Å². The fourth-order valence-corrected chi connectivity index (χ4v) is 2.23. The number of carbonyl (C=O) groups is 1. The zero-order valence-electron chi connectivity index (χ0n) is 11.1. The highest BCUT2D eigenvalue weighted by atomic mass is 16.3. The van der Waals surface area contributed by atoms with Gasteiger partial charge in [0.05, 0.1) is 5.56 Å². The second-order valence-corrected chi connectivity index (χ2v) is 4.66. The van der Waals surface area contributed by atoms with Gasteiger partial charge in [-0.15, -0.1) is 0 Å². The number of benzene rings is 3. The van der Waals surface area contributed by atoms with Crippen molar-refractivity contribution in [2.45, 2.75) is 0 Å². The monoisotopic (exact) mass is 279 g/mol. The molecule has 0 saturated heterocycles. The van der Waals surface area contributed by atoms with Crippen LogP contribution in [0.15, 0.2) is 60.7 Å². The van der Waals surface area contributed by atoms with Gasteiger partial charge >= 0.3 is 0 Å². The minimum Gasteiger partial charge on any atom is -0.507 e. The van der Waals surface area contributed by atoms with Crippen molar-refractivity contribution >= 4 is 22.4 Å². The number of phenols is 2. The van der Waals surface area contributed by atoms with Gasteiger partial charge in [-0.05, 0) is 18.2 Å². The third-order valence-electron chi connectivity index (χ3n) is 3.27. The van der Waals surface area contributed by atoms with E-state index in [1.54, 1.807) is 48.5 Å². The van der Waals surface area contributed by atoms with Gasteiger partial charge in [-0.3, -0.25) is 4.79 Å². The van der Waals surface area contributed by atoms with Crippen molar-refractivity contribution in [2.75, 3.05) is 5.32 Å². The first-order valence-corrected chi connectivity index (χ1v) is 6.47. The summed E-state index contributed by atoms with van der Waals surface area (Å²) in [5.41, 5.74) is 0.657. The van der Waals surface area contributed by atoms with Crippen LogP contribution in [0.5, 0.6) is 11.5 Å². The molecule has 0 heterocycles. The van der Waals surface area contributed by atoms with Crippen molar-refractivity contribution in [3.05, 3.63) is 66.2 Å². The number of carbonyl (C=O) groups excluding carboxylic acids is 1. The molecule has 0 aliphatic carbocycles. The predicted octanol–water partition coefficient (Wildman–Crippen LogP) is 3.50. The number of fused-ring (bicyclic) bond motifs is 1. The largest absolute Gasteiger partial charge is 0.507 e. The van der Waals surface area contributed by atoms with Crippen LogP contribution >= 0.6 is 0 Å². The van der Waals surface area contributed by atoms with Gasteiger partial charge in [0.15, 0.2) is 0 Å². The summed E-state index contributed by atoms with van der Waals surface area (Å²) in [6.07, 6.45) is 0. The Bertz CT molecular complexity index is 813. The first-order valence-electron chi connectivity index (χ1n) is 6.47. The molecule has 0 radical (unpaired) electrons. The van der Waals surface area contributed by atoms with Crippen LogP contribution in [0.3, 0.4) is 0 Å². The van der Waals surface area contributed by atoms with Gasteiger partial charge < -0.3 is 15.5 Å². The summed E-state index contributed by atoms with van der Waals surface area (Å²) < 4.78 is 0. The molecule has 3 aromatic carbocycles. The Morgan fingerprint density at radius 1 is 0.857 bits per heavy atom. The van der Waals surface area contributed by atoms with Gasteiger partial charge in [-0.25, -0.2) is 0 Å². The number of para-hydroxylation sites is 1. The van der Waals surface area contributed by atoms with E-state index in [1.807, 2.05) is 6.07 Å². The second kappa shape index (κ2) is 5.17. The summed E-state index contributed by atoms with van der Waals surface area (Å²) >= 11 is 0.